The fourth-order valence-corrected chi connectivity index (χ4v) is 3.41. The molecule has 1 heterocycles. The summed E-state index contributed by atoms with van der Waals surface area (Å²) in [5, 5.41) is 2.95. The van der Waals surface area contributed by atoms with E-state index in [1.165, 1.54) is 0 Å². The molecule has 0 aromatic carbocycles. The van der Waals surface area contributed by atoms with Gasteiger partial charge >= 0.3 is 0 Å². The lowest BCUT2D eigenvalue weighted by Crippen LogP contribution is -2.70. The van der Waals surface area contributed by atoms with Gasteiger partial charge in [-0.2, -0.15) is 0 Å². The van der Waals surface area contributed by atoms with E-state index in [1.54, 1.807) is 0 Å². The molecular weight excluding hydrogens is 252 g/mol. The molecule has 1 aliphatic carbocycles. The van der Waals surface area contributed by atoms with Crippen LogP contribution in [0.4, 0.5) is 0 Å². The van der Waals surface area contributed by atoms with Gasteiger partial charge in [-0.3, -0.25) is 9.59 Å². The van der Waals surface area contributed by atoms with Gasteiger partial charge in [0.05, 0.1) is 0 Å². The first kappa shape index (κ1) is 15.3. The van der Waals surface area contributed by atoms with E-state index in [0.717, 1.165) is 19.3 Å². The molecule has 2 rings (SSSR count). The highest BCUT2D eigenvalue weighted by Gasteiger charge is 2.55. The third-order valence-electron chi connectivity index (χ3n) is 4.91. The number of nitrogens with one attached hydrogen (secondary N) is 1. The molecular formula is C16H28N2O2. The Hall–Kier alpha value is -1.06. The Morgan fingerprint density at radius 2 is 2.00 bits per heavy atom. The molecule has 20 heavy (non-hydrogen) atoms. The molecule has 4 unspecified atom stereocenters. The van der Waals surface area contributed by atoms with Crippen molar-refractivity contribution in [1.82, 2.24) is 10.2 Å². The fourth-order valence-electron chi connectivity index (χ4n) is 3.41. The van der Waals surface area contributed by atoms with E-state index in [4.69, 9.17) is 0 Å². The number of hydrogen-bond acceptors (Lipinski definition) is 2. The molecule has 1 saturated carbocycles. The molecule has 1 aliphatic heterocycles. The quantitative estimate of drug-likeness (QED) is 0.840. The number of piperazine rings is 1. The van der Waals surface area contributed by atoms with Crippen molar-refractivity contribution in [2.75, 3.05) is 0 Å². The molecule has 0 aromatic heterocycles. The molecule has 1 saturated heterocycles. The fraction of sp³-hybridized carbons (Fsp3) is 0.875. The van der Waals surface area contributed by atoms with E-state index < -0.39 is 5.54 Å². The molecule has 4 nitrogen and oxygen atoms in total. The van der Waals surface area contributed by atoms with Crippen molar-refractivity contribution in [2.24, 2.45) is 11.8 Å². The van der Waals surface area contributed by atoms with Gasteiger partial charge in [-0.1, -0.05) is 34.1 Å². The Morgan fingerprint density at radius 3 is 2.50 bits per heavy atom. The highest BCUT2D eigenvalue weighted by molar-refractivity contribution is 6.00. The average molecular weight is 280 g/mol. The normalized spacial score (nSPS) is 37.3. The second kappa shape index (κ2) is 5.38. The Kier molecular flexibility index (Phi) is 4.12. The van der Waals surface area contributed by atoms with Crippen LogP contribution < -0.4 is 5.32 Å². The number of nitrogens with zero attached hydrogens (tertiary/aromatic N) is 1. The highest BCUT2D eigenvalue weighted by Crippen LogP contribution is 2.43. The van der Waals surface area contributed by atoms with E-state index in [0.29, 0.717) is 12.3 Å². The summed E-state index contributed by atoms with van der Waals surface area (Å²) >= 11 is 0. The standard InChI is InChI=1S/C16H28N2O2/c1-6-8-11-9-12(11)18-13(10(3)4)14(19)17-16(5,7-2)15(18)20/h10-13H,6-9H2,1-5H3,(H,17,19). The van der Waals surface area contributed by atoms with E-state index >= 15 is 0 Å². The summed E-state index contributed by atoms with van der Waals surface area (Å²) in [5.41, 5.74) is -0.720. The number of amides is 2. The number of rotatable bonds is 5. The highest BCUT2D eigenvalue weighted by atomic mass is 16.2. The second-order valence-corrected chi connectivity index (χ2v) is 6.93. The maximum Gasteiger partial charge on any atom is 0.248 e. The van der Waals surface area contributed by atoms with E-state index in [9.17, 15) is 9.59 Å². The van der Waals surface area contributed by atoms with Gasteiger partial charge in [0.15, 0.2) is 0 Å². The van der Waals surface area contributed by atoms with Gasteiger partial charge in [0.1, 0.15) is 11.6 Å². The van der Waals surface area contributed by atoms with Gasteiger partial charge in [-0.25, -0.2) is 0 Å². The van der Waals surface area contributed by atoms with Crippen LogP contribution in [-0.4, -0.2) is 34.3 Å². The molecule has 2 amide bonds. The van der Waals surface area contributed by atoms with Gasteiger partial charge in [0, 0.05) is 6.04 Å². The molecule has 2 aliphatic rings. The molecule has 114 valence electrons. The summed E-state index contributed by atoms with van der Waals surface area (Å²) < 4.78 is 0. The van der Waals surface area contributed by atoms with Crippen molar-refractivity contribution in [2.45, 2.75) is 77.9 Å². The van der Waals surface area contributed by atoms with Crippen LogP contribution in [0.1, 0.15) is 60.3 Å². The molecule has 0 radical (unpaired) electrons. The minimum Gasteiger partial charge on any atom is -0.340 e. The van der Waals surface area contributed by atoms with Crippen LogP contribution >= 0.6 is 0 Å². The first-order valence-electron chi connectivity index (χ1n) is 8.00. The van der Waals surface area contributed by atoms with E-state index in [2.05, 4.69) is 12.2 Å². The maximum atomic E-state index is 12.9. The van der Waals surface area contributed by atoms with Gasteiger partial charge in [-0.15, -0.1) is 0 Å². The third-order valence-corrected chi connectivity index (χ3v) is 4.91. The first-order valence-corrected chi connectivity index (χ1v) is 8.00. The van der Waals surface area contributed by atoms with Crippen molar-refractivity contribution >= 4 is 11.8 Å². The predicted octanol–water partition coefficient (Wildman–Crippen LogP) is 2.33. The van der Waals surface area contributed by atoms with E-state index in [1.807, 2.05) is 32.6 Å². The van der Waals surface area contributed by atoms with Crippen LogP contribution in [0, 0.1) is 11.8 Å². The van der Waals surface area contributed by atoms with Crippen molar-refractivity contribution in [1.29, 1.82) is 0 Å². The van der Waals surface area contributed by atoms with Crippen LogP contribution in [-0.2, 0) is 9.59 Å². The lowest BCUT2D eigenvalue weighted by atomic mass is 9.88. The van der Waals surface area contributed by atoms with Gasteiger partial charge < -0.3 is 10.2 Å². The Morgan fingerprint density at radius 1 is 1.35 bits per heavy atom. The zero-order valence-electron chi connectivity index (χ0n) is 13.4. The van der Waals surface area contributed by atoms with Crippen LogP contribution in [0.15, 0.2) is 0 Å². The number of hydrogen-bond donors (Lipinski definition) is 1. The number of carbonyl (C=O) groups excluding carboxylic acids is 2. The lowest BCUT2D eigenvalue weighted by Gasteiger charge is -2.46. The van der Waals surface area contributed by atoms with Crippen LogP contribution in [0.5, 0.6) is 0 Å². The lowest BCUT2D eigenvalue weighted by molar-refractivity contribution is -0.157. The van der Waals surface area contributed by atoms with Crippen LogP contribution in [0.2, 0.25) is 0 Å². The Balaban J connectivity index is 2.26. The molecule has 0 bridgehead atoms. The zero-order valence-corrected chi connectivity index (χ0v) is 13.4. The molecule has 4 heteroatoms. The van der Waals surface area contributed by atoms with Crippen LogP contribution in [0.3, 0.4) is 0 Å². The second-order valence-electron chi connectivity index (χ2n) is 6.93. The van der Waals surface area contributed by atoms with Crippen LogP contribution in [0.25, 0.3) is 0 Å². The third kappa shape index (κ3) is 2.45. The predicted molar refractivity (Wildman–Crippen MR) is 79.1 cm³/mol. The van der Waals surface area contributed by atoms with E-state index in [-0.39, 0.29) is 29.8 Å². The molecule has 0 spiro atoms. The molecule has 0 aromatic rings. The van der Waals surface area contributed by atoms with Gasteiger partial charge in [-0.05, 0) is 38.0 Å². The van der Waals surface area contributed by atoms with Gasteiger partial charge in [0.25, 0.3) is 0 Å². The van der Waals surface area contributed by atoms with Crippen molar-refractivity contribution in [3.63, 3.8) is 0 Å². The Labute approximate surface area is 122 Å². The summed E-state index contributed by atoms with van der Waals surface area (Å²) in [5.74, 6) is 0.883. The monoisotopic (exact) mass is 280 g/mol. The summed E-state index contributed by atoms with van der Waals surface area (Å²) in [6, 6.07) is -0.0132. The number of carbonyl (C=O) groups is 2. The SMILES string of the molecule is CCCC1CC1N1C(=O)C(C)(CC)NC(=O)C1C(C)C. The molecule has 1 N–H and O–H groups in total. The summed E-state index contributed by atoms with van der Waals surface area (Å²) in [4.78, 5) is 27.3. The summed E-state index contributed by atoms with van der Waals surface area (Å²) in [7, 11) is 0. The first-order chi connectivity index (χ1) is 9.35. The van der Waals surface area contributed by atoms with Crippen molar-refractivity contribution in [3.05, 3.63) is 0 Å². The summed E-state index contributed by atoms with van der Waals surface area (Å²) in [6.07, 6.45) is 4.01. The minimum atomic E-state index is -0.720. The van der Waals surface area contributed by atoms with Crippen molar-refractivity contribution < 1.29 is 9.59 Å². The maximum absolute atomic E-state index is 12.9. The average Bonchev–Trinajstić information content (AvgIpc) is 3.12. The van der Waals surface area contributed by atoms with Gasteiger partial charge in [0.2, 0.25) is 11.8 Å². The Bertz CT molecular complexity index is 407. The largest absolute Gasteiger partial charge is 0.340 e. The minimum absolute atomic E-state index is 0.0195. The molecule has 2 fully saturated rings. The topological polar surface area (TPSA) is 49.4 Å². The molecule has 4 atom stereocenters. The van der Waals surface area contributed by atoms with Crippen molar-refractivity contribution in [3.8, 4) is 0 Å². The summed E-state index contributed by atoms with van der Waals surface area (Å²) in [6.45, 7) is 10.0. The smallest absolute Gasteiger partial charge is 0.248 e. The zero-order chi connectivity index (χ0) is 15.1.